The Bertz CT molecular complexity index is 149. The molecule has 4 heteroatoms. The third kappa shape index (κ3) is 2.81. The fraction of sp³-hybridized carbons (Fsp3) is 0.857. The van der Waals surface area contributed by atoms with E-state index in [4.69, 9.17) is 9.84 Å². The fourth-order valence-electron chi connectivity index (χ4n) is 1.12. The Balaban J connectivity index is 2.24. The van der Waals surface area contributed by atoms with E-state index in [1.807, 2.05) is 0 Å². The van der Waals surface area contributed by atoms with Gasteiger partial charge in [0.1, 0.15) is 0 Å². The number of ether oxygens (including phenoxy) is 1. The summed E-state index contributed by atoms with van der Waals surface area (Å²) in [7, 11) is 0. The summed E-state index contributed by atoms with van der Waals surface area (Å²) in [5.74, 6) is 0. The molecule has 64 valence electrons. The number of aliphatic hydroxyl groups excluding tert-OH is 1. The molecule has 1 heterocycles. The predicted octanol–water partition coefficient (Wildman–Crippen LogP) is 0.416. The van der Waals surface area contributed by atoms with Crippen LogP contribution in [0.5, 0.6) is 0 Å². The van der Waals surface area contributed by atoms with Crippen LogP contribution in [0.4, 0.5) is 0 Å². The lowest BCUT2D eigenvalue weighted by Gasteiger charge is -2.02. The van der Waals surface area contributed by atoms with E-state index < -0.39 is 0 Å². The van der Waals surface area contributed by atoms with Crippen molar-refractivity contribution in [3.05, 3.63) is 0 Å². The fourth-order valence-corrected chi connectivity index (χ4v) is 2.04. The zero-order valence-corrected chi connectivity index (χ0v) is 7.26. The van der Waals surface area contributed by atoms with E-state index >= 15 is 0 Å². The second kappa shape index (κ2) is 4.09. The molecule has 0 unspecified atom stereocenters. The van der Waals surface area contributed by atoms with Crippen molar-refractivity contribution in [1.29, 1.82) is 0 Å². The highest BCUT2D eigenvalue weighted by molar-refractivity contribution is 8.14. The van der Waals surface area contributed by atoms with Gasteiger partial charge in [-0.1, -0.05) is 11.8 Å². The molecule has 0 aliphatic carbocycles. The van der Waals surface area contributed by atoms with Gasteiger partial charge in [0.25, 0.3) is 0 Å². The van der Waals surface area contributed by atoms with Gasteiger partial charge in [-0.3, -0.25) is 4.79 Å². The molecule has 11 heavy (non-hydrogen) atoms. The highest BCUT2D eigenvalue weighted by Gasteiger charge is 2.26. The van der Waals surface area contributed by atoms with Crippen molar-refractivity contribution in [2.75, 3.05) is 13.2 Å². The maximum Gasteiger partial charge on any atom is 0.186 e. The minimum absolute atomic E-state index is 0.0492. The second-order valence-corrected chi connectivity index (χ2v) is 4.08. The maximum atomic E-state index is 10.6. The van der Waals surface area contributed by atoms with Gasteiger partial charge in [0.05, 0.1) is 19.3 Å². The second-order valence-electron chi connectivity index (χ2n) is 2.61. The summed E-state index contributed by atoms with van der Waals surface area (Å²) in [6, 6.07) is 0. The Kier molecular flexibility index (Phi) is 3.36. The molecule has 1 fully saturated rings. The van der Waals surface area contributed by atoms with Crippen molar-refractivity contribution in [2.24, 2.45) is 0 Å². The van der Waals surface area contributed by atoms with Gasteiger partial charge in [-0.15, -0.1) is 0 Å². The number of aliphatic hydroxyl groups is 1. The molecule has 0 aromatic carbocycles. The average Bonchev–Trinajstić information content (AvgIpc) is 2.34. The molecule has 1 N–H and O–H groups in total. The first-order valence-electron chi connectivity index (χ1n) is 3.62. The quantitative estimate of drug-likeness (QED) is 0.662. The molecule has 0 aromatic heterocycles. The molecule has 0 radical (unpaired) electrons. The van der Waals surface area contributed by atoms with E-state index in [2.05, 4.69) is 0 Å². The molecular weight excluding hydrogens is 164 g/mol. The van der Waals surface area contributed by atoms with Crippen LogP contribution in [0.3, 0.4) is 0 Å². The van der Waals surface area contributed by atoms with Crippen molar-refractivity contribution >= 4 is 16.9 Å². The van der Waals surface area contributed by atoms with E-state index in [1.165, 1.54) is 11.8 Å². The van der Waals surface area contributed by atoms with Gasteiger partial charge in [0.15, 0.2) is 5.12 Å². The van der Waals surface area contributed by atoms with Crippen LogP contribution in [0.25, 0.3) is 0 Å². The molecular formula is C7H12O3S. The number of hydrogen-bond acceptors (Lipinski definition) is 4. The Morgan fingerprint density at radius 2 is 2.55 bits per heavy atom. The summed E-state index contributed by atoms with van der Waals surface area (Å²) < 4.78 is 5.19. The normalized spacial score (nSPS) is 30.7. The summed E-state index contributed by atoms with van der Waals surface area (Å²) in [6.45, 7) is 2.21. The molecule has 1 rings (SSSR count). The standard InChI is InChI=1S/C7H12O3S/c1-5(9)11-7-2-6(3-8)10-4-7/h6-8H,2-4H2,1H3/t6-,7+/m1/s1. The van der Waals surface area contributed by atoms with Gasteiger partial charge in [-0.2, -0.15) is 0 Å². The Labute approximate surface area is 70.1 Å². The van der Waals surface area contributed by atoms with Crippen LogP contribution in [0.1, 0.15) is 13.3 Å². The van der Waals surface area contributed by atoms with Crippen molar-refractivity contribution < 1.29 is 14.6 Å². The summed E-state index contributed by atoms with van der Waals surface area (Å²) in [4.78, 5) is 10.6. The van der Waals surface area contributed by atoms with E-state index in [9.17, 15) is 4.79 Å². The van der Waals surface area contributed by atoms with Crippen LogP contribution in [0.2, 0.25) is 0 Å². The molecule has 3 nitrogen and oxygen atoms in total. The lowest BCUT2D eigenvalue weighted by molar-refractivity contribution is -0.109. The van der Waals surface area contributed by atoms with Gasteiger partial charge < -0.3 is 9.84 Å². The summed E-state index contributed by atoms with van der Waals surface area (Å²) in [5.41, 5.74) is 0. The zero-order chi connectivity index (χ0) is 8.27. The Morgan fingerprint density at radius 3 is 3.00 bits per heavy atom. The number of rotatable bonds is 2. The van der Waals surface area contributed by atoms with Gasteiger partial charge in [-0.25, -0.2) is 0 Å². The van der Waals surface area contributed by atoms with E-state index in [1.54, 1.807) is 6.92 Å². The molecule has 1 saturated heterocycles. The largest absolute Gasteiger partial charge is 0.394 e. The van der Waals surface area contributed by atoms with E-state index in [0.717, 1.165) is 6.42 Å². The highest BCUT2D eigenvalue weighted by atomic mass is 32.2. The molecule has 1 aliphatic heterocycles. The molecule has 2 atom stereocenters. The first-order valence-corrected chi connectivity index (χ1v) is 4.50. The minimum Gasteiger partial charge on any atom is -0.394 e. The SMILES string of the molecule is CC(=O)S[C@@H]1CO[C@@H](CO)C1. The number of carbonyl (C=O) groups excluding carboxylic acids is 1. The number of thioether (sulfide) groups is 1. The van der Waals surface area contributed by atoms with Crippen LogP contribution in [-0.2, 0) is 9.53 Å². The van der Waals surface area contributed by atoms with Gasteiger partial charge in [0.2, 0.25) is 0 Å². The third-order valence-corrected chi connectivity index (χ3v) is 2.57. The monoisotopic (exact) mass is 176 g/mol. The van der Waals surface area contributed by atoms with Crippen molar-refractivity contribution in [3.63, 3.8) is 0 Å². The van der Waals surface area contributed by atoms with Crippen molar-refractivity contribution in [1.82, 2.24) is 0 Å². The van der Waals surface area contributed by atoms with Gasteiger partial charge in [0, 0.05) is 12.2 Å². The first kappa shape index (κ1) is 9.03. The molecule has 1 aliphatic rings. The maximum absolute atomic E-state index is 10.6. The van der Waals surface area contributed by atoms with E-state index in [-0.39, 0.29) is 23.1 Å². The zero-order valence-electron chi connectivity index (χ0n) is 6.45. The van der Waals surface area contributed by atoms with Crippen LogP contribution >= 0.6 is 11.8 Å². The lowest BCUT2D eigenvalue weighted by Crippen LogP contribution is -2.10. The first-order chi connectivity index (χ1) is 5.22. The molecule has 0 saturated carbocycles. The van der Waals surface area contributed by atoms with Gasteiger partial charge in [-0.05, 0) is 6.42 Å². The van der Waals surface area contributed by atoms with E-state index in [0.29, 0.717) is 6.61 Å². The smallest absolute Gasteiger partial charge is 0.186 e. The Hall–Kier alpha value is -0.0600. The van der Waals surface area contributed by atoms with Gasteiger partial charge >= 0.3 is 0 Å². The van der Waals surface area contributed by atoms with Crippen LogP contribution in [0.15, 0.2) is 0 Å². The highest BCUT2D eigenvalue weighted by Crippen LogP contribution is 2.24. The molecule has 0 bridgehead atoms. The summed E-state index contributed by atoms with van der Waals surface area (Å²) in [6.07, 6.45) is 0.743. The van der Waals surface area contributed by atoms with Crippen molar-refractivity contribution in [2.45, 2.75) is 24.7 Å². The van der Waals surface area contributed by atoms with Crippen molar-refractivity contribution in [3.8, 4) is 0 Å². The number of carbonyl (C=O) groups is 1. The van der Waals surface area contributed by atoms with Crippen LogP contribution in [0, 0.1) is 0 Å². The molecule has 0 aromatic rings. The summed E-state index contributed by atoms with van der Waals surface area (Å²) >= 11 is 1.31. The third-order valence-electron chi connectivity index (χ3n) is 1.58. The van der Waals surface area contributed by atoms with Crippen LogP contribution in [-0.4, -0.2) is 34.8 Å². The number of hydrogen-bond donors (Lipinski definition) is 1. The van der Waals surface area contributed by atoms with Crippen LogP contribution < -0.4 is 0 Å². The average molecular weight is 176 g/mol. The minimum atomic E-state index is -0.0492. The molecule has 0 spiro atoms. The molecule has 0 amide bonds. The summed E-state index contributed by atoms with van der Waals surface area (Å²) in [5, 5.41) is 9.08. The topological polar surface area (TPSA) is 46.5 Å². The Morgan fingerprint density at radius 1 is 1.82 bits per heavy atom. The lowest BCUT2D eigenvalue weighted by atomic mass is 10.2. The predicted molar refractivity (Wildman–Crippen MR) is 43.5 cm³/mol.